The van der Waals surface area contributed by atoms with Crippen molar-refractivity contribution in [2.75, 3.05) is 13.2 Å². The third-order valence-electron chi connectivity index (χ3n) is 3.14. The molecule has 1 unspecified atom stereocenters. The number of aliphatic imine (C=N–C) groups is 1. The monoisotopic (exact) mass is 331 g/mol. The van der Waals surface area contributed by atoms with Crippen LogP contribution in [0.4, 0.5) is 0 Å². The highest BCUT2D eigenvalue weighted by atomic mass is 35.5. The van der Waals surface area contributed by atoms with Gasteiger partial charge in [-0.1, -0.05) is 42.1 Å². The molecule has 0 aliphatic rings. The number of aliphatic hydroxyl groups is 1. The summed E-state index contributed by atoms with van der Waals surface area (Å²) in [5.74, 6) is 0.413. The van der Waals surface area contributed by atoms with Gasteiger partial charge in [0.1, 0.15) is 0 Å². The quantitative estimate of drug-likeness (QED) is 0.388. The van der Waals surface area contributed by atoms with Gasteiger partial charge >= 0.3 is 0 Å². The van der Waals surface area contributed by atoms with Crippen molar-refractivity contribution in [1.29, 1.82) is 0 Å². The van der Waals surface area contributed by atoms with Crippen LogP contribution in [0.25, 0.3) is 0 Å². The zero-order chi connectivity index (χ0) is 15.7. The van der Waals surface area contributed by atoms with Crippen molar-refractivity contribution in [1.82, 2.24) is 5.32 Å². The lowest BCUT2D eigenvalue weighted by atomic mass is 10.1. The van der Waals surface area contributed by atoms with Crippen molar-refractivity contribution in [2.45, 2.75) is 38.6 Å². The first-order valence-electron chi connectivity index (χ1n) is 7.17. The maximum Gasteiger partial charge on any atom is 0.189 e. The van der Waals surface area contributed by atoms with Crippen LogP contribution in [0, 0.1) is 0 Å². The Balaban J connectivity index is 2.40. The fraction of sp³-hybridized carbons (Fsp3) is 0.533. The number of unbranched alkanes of at least 4 members (excludes halogenated alkanes) is 3. The molecule has 0 aromatic heterocycles. The molecule has 118 valence electrons. The number of nitrogens with zero attached hydrogens (tertiary/aromatic N) is 1. The molecule has 0 heterocycles. The Morgan fingerprint density at radius 3 is 2.67 bits per heavy atom. The van der Waals surface area contributed by atoms with E-state index in [1.165, 1.54) is 0 Å². The number of guanidine groups is 1. The topological polar surface area (TPSA) is 70.6 Å². The van der Waals surface area contributed by atoms with Crippen LogP contribution >= 0.6 is 23.2 Å². The normalized spacial score (nSPS) is 13.2. The number of benzene rings is 1. The smallest absolute Gasteiger partial charge is 0.189 e. The molecule has 21 heavy (non-hydrogen) atoms. The molecule has 0 amide bonds. The molecule has 0 aliphatic heterocycles. The predicted molar refractivity (Wildman–Crippen MR) is 90.1 cm³/mol. The van der Waals surface area contributed by atoms with Gasteiger partial charge in [0, 0.05) is 23.2 Å². The van der Waals surface area contributed by atoms with Crippen LogP contribution in [-0.4, -0.2) is 24.2 Å². The van der Waals surface area contributed by atoms with Crippen molar-refractivity contribution in [2.24, 2.45) is 10.7 Å². The van der Waals surface area contributed by atoms with Crippen LogP contribution in [0.5, 0.6) is 0 Å². The van der Waals surface area contributed by atoms with E-state index in [9.17, 15) is 0 Å². The highest BCUT2D eigenvalue weighted by molar-refractivity contribution is 6.35. The van der Waals surface area contributed by atoms with Crippen LogP contribution in [0.2, 0.25) is 10.0 Å². The summed E-state index contributed by atoms with van der Waals surface area (Å²) in [6.45, 7) is 2.91. The van der Waals surface area contributed by atoms with Crippen molar-refractivity contribution in [3.05, 3.63) is 33.8 Å². The number of hydrogen-bond acceptors (Lipinski definition) is 2. The van der Waals surface area contributed by atoms with E-state index in [1.54, 1.807) is 12.1 Å². The van der Waals surface area contributed by atoms with Gasteiger partial charge in [0.2, 0.25) is 0 Å². The van der Waals surface area contributed by atoms with Gasteiger partial charge in [0.05, 0.1) is 6.04 Å². The second kappa shape index (κ2) is 9.87. The Hall–Kier alpha value is -0.970. The number of nitrogens with two attached hydrogens (primary N) is 1. The van der Waals surface area contributed by atoms with E-state index in [2.05, 4.69) is 10.3 Å². The van der Waals surface area contributed by atoms with Crippen LogP contribution in [0.15, 0.2) is 23.2 Å². The van der Waals surface area contributed by atoms with Gasteiger partial charge in [-0.15, -0.1) is 0 Å². The molecule has 0 saturated heterocycles. The third kappa shape index (κ3) is 7.02. The minimum atomic E-state index is -0.0343. The molecule has 1 aromatic carbocycles. The summed E-state index contributed by atoms with van der Waals surface area (Å²) >= 11 is 12.0. The van der Waals surface area contributed by atoms with E-state index < -0.39 is 0 Å². The second-order valence-corrected chi connectivity index (χ2v) is 5.78. The van der Waals surface area contributed by atoms with Gasteiger partial charge in [-0.25, -0.2) is 0 Å². The summed E-state index contributed by atoms with van der Waals surface area (Å²) in [4.78, 5) is 4.29. The maximum atomic E-state index is 8.68. The van der Waals surface area contributed by atoms with Gasteiger partial charge in [0.25, 0.3) is 0 Å². The number of aliphatic hydroxyl groups excluding tert-OH is 1. The molecule has 6 heteroatoms. The molecule has 1 aromatic rings. The zero-order valence-corrected chi connectivity index (χ0v) is 13.8. The Kier molecular flexibility index (Phi) is 8.50. The molecule has 4 nitrogen and oxygen atoms in total. The van der Waals surface area contributed by atoms with E-state index in [0.717, 1.165) is 31.2 Å². The summed E-state index contributed by atoms with van der Waals surface area (Å²) in [7, 11) is 0. The third-order valence-corrected chi connectivity index (χ3v) is 3.70. The summed E-state index contributed by atoms with van der Waals surface area (Å²) in [6, 6.07) is 5.36. The number of halogens is 2. The molecule has 0 aliphatic carbocycles. The Labute approximate surface area is 136 Å². The fourth-order valence-corrected chi connectivity index (χ4v) is 2.55. The minimum Gasteiger partial charge on any atom is -0.396 e. The summed E-state index contributed by atoms with van der Waals surface area (Å²) in [5.41, 5.74) is 6.80. The van der Waals surface area contributed by atoms with Crippen LogP contribution < -0.4 is 11.1 Å². The van der Waals surface area contributed by atoms with E-state index in [-0.39, 0.29) is 12.6 Å². The first-order chi connectivity index (χ1) is 10.0. The average molecular weight is 332 g/mol. The fourth-order valence-electron chi connectivity index (χ4n) is 1.97. The van der Waals surface area contributed by atoms with Crippen LogP contribution in [0.3, 0.4) is 0 Å². The van der Waals surface area contributed by atoms with Crippen LogP contribution in [-0.2, 0) is 0 Å². The predicted octanol–water partition coefficient (Wildman–Crippen LogP) is 3.51. The highest BCUT2D eigenvalue weighted by Crippen LogP contribution is 2.25. The lowest BCUT2D eigenvalue weighted by molar-refractivity contribution is 0.282. The molecule has 0 spiro atoms. The van der Waals surface area contributed by atoms with Crippen molar-refractivity contribution >= 4 is 29.2 Å². The van der Waals surface area contributed by atoms with Crippen molar-refractivity contribution in [3.8, 4) is 0 Å². The van der Waals surface area contributed by atoms with E-state index >= 15 is 0 Å². The van der Waals surface area contributed by atoms with E-state index in [1.807, 2.05) is 13.0 Å². The maximum absolute atomic E-state index is 8.68. The molecule has 0 bridgehead atoms. The lowest BCUT2D eigenvalue weighted by Crippen LogP contribution is -2.34. The number of hydrogen-bond donors (Lipinski definition) is 3. The van der Waals surface area contributed by atoms with E-state index in [4.69, 9.17) is 34.0 Å². The average Bonchev–Trinajstić information content (AvgIpc) is 2.42. The molecular weight excluding hydrogens is 309 g/mol. The molecule has 4 N–H and O–H groups in total. The molecule has 0 radical (unpaired) electrons. The SMILES string of the molecule is CC(NC(N)=NCCCCCCO)c1ccc(Cl)cc1Cl. The number of nitrogens with one attached hydrogen (secondary N) is 1. The van der Waals surface area contributed by atoms with Gasteiger partial charge in [0.15, 0.2) is 5.96 Å². The van der Waals surface area contributed by atoms with Gasteiger partial charge in [-0.3, -0.25) is 4.99 Å². The molecule has 1 atom stereocenters. The van der Waals surface area contributed by atoms with Crippen LogP contribution in [0.1, 0.15) is 44.2 Å². The summed E-state index contributed by atoms with van der Waals surface area (Å²) in [6.07, 6.45) is 3.90. The second-order valence-electron chi connectivity index (χ2n) is 4.94. The first kappa shape index (κ1) is 18.1. The van der Waals surface area contributed by atoms with Gasteiger partial charge < -0.3 is 16.2 Å². The summed E-state index contributed by atoms with van der Waals surface area (Å²) < 4.78 is 0. The molecule has 1 rings (SSSR count). The summed E-state index contributed by atoms with van der Waals surface area (Å²) in [5, 5.41) is 13.0. The van der Waals surface area contributed by atoms with E-state index in [0.29, 0.717) is 22.5 Å². The zero-order valence-electron chi connectivity index (χ0n) is 12.3. The number of rotatable bonds is 8. The highest BCUT2D eigenvalue weighted by Gasteiger charge is 2.10. The Morgan fingerprint density at radius 2 is 2.00 bits per heavy atom. The van der Waals surface area contributed by atoms with Crippen molar-refractivity contribution in [3.63, 3.8) is 0 Å². The lowest BCUT2D eigenvalue weighted by Gasteiger charge is -2.16. The van der Waals surface area contributed by atoms with Crippen molar-refractivity contribution < 1.29 is 5.11 Å². The first-order valence-corrected chi connectivity index (χ1v) is 7.92. The largest absolute Gasteiger partial charge is 0.396 e. The van der Waals surface area contributed by atoms with Gasteiger partial charge in [-0.05, 0) is 37.5 Å². The molecule has 0 saturated carbocycles. The molecule has 0 fully saturated rings. The minimum absolute atomic E-state index is 0.0343. The van der Waals surface area contributed by atoms with Gasteiger partial charge in [-0.2, -0.15) is 0 Å². The molecular formula is C15H23Cl2N3O. The standard InChI is InChI=1S/C15H23Cl2N3O/c1-11(13-7-6-12(16)10-14(13)17)20-15(18)19-8-4-2-3-5-9-21/h6-7,10-11,21H,2-5,8-9H2,1H3,(H3,18,19,20). The Morgan fingerprint density at radius 1 is 1.29 bits per heavy atom. The Bertz CT molecular complexity index is 466.